The van der Waals surface area contributed by atoms with Gasteiger partial charge in [0.25, 0.3) is 5.69 Å². The van der Waals surface area contributed by atoms with Crippen molar-refractivity contribution < 1.29 is 4.92 Å². The summed E-state index contributed by atoms with van der Waals surface area (Å²) in [6.07, 6.45) is 3.36. The second kappa shape index (κ2) is 6.17. The van der Waals surface area contributed by atoms with Gasteiger partial charge >= 0.3 is 0 Å². The van der Waals surface area contributed by atoms with Crippen LogP contribution in [0.5, 0.6) is 0 Å². The van der Waals surface area contributed by atoms with Gasteiger partial charge in [0.05, 0.1) is 9.82 Å². The van der Waals surface area contributed by atoms with Crippen molar-refractivity contribution in [3.8, 4) is 11.4 Å². The van der Waals surface area contributed by atoms with Gasteiger partial charge in [-0.05, 0) is 42.4 Å². The van der Waals surface area contributed by atoms with E-state index in [9.17, 15) is 10.1 Å². The zero-order valence-corrected chi connectivity index (χ0v) is 13.3. The van der Waals surface area contributed by atoms with E-state index in [1.807, 2.05) is 36.7 Å². The Balaban J connectivity index is 1.96. The van der Waals surface area contributed by atoms with Crippen molar-refractivity contribution >= 4 is 17.4 Å². The molecule has 1 aromatic carbocycles. The molecule has 8 heteroatoms. The van der Waals surface area contributed by atoms with E-state index in [1.54, 1.807) is 24.5 Å². The maximum absolute atomic E-state index is 11.2. The Morgan fingerprint density at radius 2 is 1.91 bits per heavy atom. The summed E-state index contributed by atoms with van der Waals surface area (Å²) >= 11 is 1.23. The topological polar surface area (TPSA) is 86.7 Å². The molecule has 0 unspecified atom stereocenters. The van der Waals surface area contributed by atoms with Gasteiger partial charge in [0.2, 0.25) is 0 Å². The Kier molecular flexibility index (Phi) is 4.07. The zero-order valence-electron chi connectivity index (χ0n) is 12.5. The molecular formula is C15H13N5O2S. The molecule has 3 aromatic rings. The number of benzene rings is 1. The maximum atomic E-state index is 11.2. The fourth-order valence-electron chi connectivity index (χ4n) is 2.11. The Morgan fingerprint density at radius 1 is 1.17 bits per heavy atom. The lowest BCUT2D eigenvalue weighted by Crippen LogP contribution is -1.96. The number of hydrogen-bond donors (Lipinski definition) is 0. The summed E-state index contributed by atoms with van der Waals surface area (Å²) in [5.74, 6) is 0.685. The number of aryl methyl sites for hydroxylation is 1. The third kappa shape index (κ3) is 3.07. The number of rotatable bonds is 4. The van der Waals surface area contributed by atoms with Crippen LogP contribution >= 0.6 is 11.8 Å². The molecule has 0 radical (unpaired) electrons. The van der Waals surface area contributed by atoms with Gasteiger partial charge < -0.3 is 4.57 Å². The van der Waals surface area contributed by atoms with Crippen LogP contribution < -0.4 is 0 Å². The highest BCUT2D eigenvalue weighted by Gasteiger charge is 2.18. The molecule has 0 saturated carbocycles. The van der Waals surface area contributed by atoms with Crippen LogP contribution in [-0.4, -0.2) is 24.7 Å². The molecule has 0 aliphatic rings. The molecule has 0 spiro atoms. The number of hydrogen-bond acceptors (Lipinski definition) is 6. The van der Waals surface area contributed by atoms with Gasteiger partial charge in [-0.2, -0.15) is 0 Å². The SMILES string of the molecule is Cc1ccc(Sc2nnc(-c3ccncc3)n2C)c([N+](=O)[O-])c1. The molecule has 116 valence electrons. The van der Waals surface area contributed by atoms with E-state index in [0.717, 1.165) is 11.1 Å². The van der Waals surface area contributed by atoms with Crippen LogP contribution in [0.2, 0.25) is 0 Å². The number of nitrogens with zero attached hydrogens (tertiary/aromatic N) is 5. The van der Waals surface area contributed by atoms with Gasteiger partial charge in [-0.25, -0.2) is 0 Å². The highest BCUT2D eigenvalue weighted by atomic mass is 32.2. The molecule has 23 heavy (non-hydrogen) atoms. The first kappa shape index (κ1) is 15.2. The van der Waals surface area contributed by atoms with Crippen LogP contribution in [0.3, 0.4) is 0 Å². The molecule has 0 atom stereocenters. The minimum atomic E-state index is -0.379. The van der Waals surface area contributed by atoms with Crippen molar-refractivity contribution in [1.82, 2.24) is 19.7 Å². The number of nitro benzene ring substituents is 1. The normalized spacial score (nSPS) is 10.7. The molecule has 0 aliphatic heterocycles. The predicted molar refractivity (Wildman–Crippen MR) is 86.2 cm³/mol. The monoisotopic (exact) mass is 327 g/mol. The fraction of sp³-hybridized carbons (Fsp3) is 0.133. The summed E-state index contributed by atoms with van der Waals surface area (Å²) in [4.78, 5) is 15.4. The minimum Gasteiger partial charge on any atom is -0.305 e. The Hall–Kier alpha value is -2.74. The van der Waals surface area contributed by atoms with Gasteiger partial charge in [-0.3, -0.25) is 15.1 Å². The number of nitro groups is 1. The first-order chi connectivity index (χ1) is 11.1. The summed E-state index contributed by atoms with van der Waals surface area (Å²) in [5, 5.41) is 20.1. The van der Waals surface area contributed by atoms with Gasteiger partial charge in [0.1, 0.15) is 0 Å². The molecule has 7 nitrogen and oxygen atoms in total. The smallest absolute Gasteiger partial charge is 0.283 e. The molecule has 0 fully saturated rings. The summed E-state index contributed by atoms with van der Waals surface area (Å²) in [6.45, 7) is 1.82. The Bertz CT molecular complexity index is 864. The quantitative estimate of drug-likeness (QED) is 0.540. The summed E-state index contributed by atoms with van der Waals surface area (Å²) in [7, 11) is 1.83. The lowest BCUT2D eigenvalue weighted by Gasteiger charge is -2.05. The molecule has 0 bridgehead atoms. The highest BCUT2D eigenvalue weighted by molar-refractivity contribution is 7.99. The second-order valence-corrected chi connectivity index (χ2v) is 5.94. The molecule has 3 rings (SSSR count). The average molecular weight is 327 g/mol. The van der Waals surface area contributed by atoms with E-state index in [1.165, 1.54) is 11.8 Å². The Labute approximate surface area is 136 Å². The largest absolute Gasteiger partial charge is 0.305 e. The van der Waals surface area contributed by atoms with Crippen LogP contribution in [0, 0.1) is 17.0 Å². The molecule has 2 aromatic heterocycles. The second-order valence-electron chi connectivity index (χ2n) is 4.93. The number of aromatic nitrogens is 4. The fourth-order valence-corrected chi connectivity index (χ4v) is 2.99. The van der Waals surface area contributed by atoms with Gasteiger partial charge in [0.15, 0.2) is 11.0 Å². The van der Waals surface area contributed by atoms with E-state index in [-0.39, 0.29) is 10.6 Å². The van der Waals surface area contributed by atoms with Gasteiger partial charge in [-0.15, -0.1) is 10.2 Å². The molecule has 0 saturated heterocycles. The minimum absolute atomic E-state index is 0.0726. The maximum Gasteiger partial charge on any atom is 0.283 e. The van der Waals surface area contributed by atoms with Gasteiger partial charge in [-0.1, -0.05) is 6.07 Å². The summed E-state index contributed by atoms with van der Waals surface area (Å²) in [6, 6.07) is 8.82. The first-order valence-corrected chi connectivity index (χ1v) is 7.60. The third-order valence-electron chi connectivity index (χ3n) is 3.29. The van der Waals surface area contributed by atoms with Crippen molar-refractivity contribution in [2.45, 2.75) is 17.0 Å². The van der Waals surface area contributed by atoms with Crippen LogP contribution in [-0.2, 0) is 7.05 Å². The predicted octanol–water partition coefficient (Wildman–Crippen LogP) is 3.24. The average Bonchev–Trinajstić information content (AvgIpc) is 2.91. The van der Waals surface area contributed by atoms with E-state index >= 15 is 0 Å². The highest BCUT2D eigenvalue weighted by Crippen LogP contribution is 2.35. The van der Waals surface area contributed by atoms with Gasteiger partial charge in [0, 0.05) is 31.1 Å². The first-order valence-electron chi connectivity index (χ1n) is 6.79. The van der Waals surface area contributed by atoms with E-state index in [0.29, 0.717) is 15.9 Å². The van der Waals surface area contributed by atoms with E-state index in [2.05, 4.69) is 15.2 Å². The van der Waals surface area contributed by atoms with Crippen LogP contribution in [0.25, 0.3) is 11.4 Å². The molecule has 0 N–H and O–H groups in total. The molecular weight excluding hydrogens is 314 g/mol. The standard InChI is InChI=1S/C15H13N5O2S/c1-10-3-4-13(12(9-10)20(21)22)23-15-18-17-14(19(15)2)11-5-7-16-8-6-11/h3-9H,1-2H3. The van der Waals surface area contributed by atoms with Crippen molar-refractivity contribution in [3.63, 3.8) is 0 Å². The molecule has 2 heterocycles. The lowest BCUT2D eigenvalue weighted by atomic mass is 10.2. The molecule has 0 aliphatic carbocycles. The Morgan fingerprint density at radius 3 is 2.61 bits per heavy atom. The van der Waals surface area contributed by atoms with Crippen LogP contribution in [0.15, 0.2) is 52.8 Å². The van der Waals surface area contributed by atoms with Crippen molar-refractivity contribution in [2.75, 3.05) is 0 Å². The van der Waals surface area contributed by atoms with Crippen molar-refractivity contribution in [1.29, 1.82) is 0 Å². The summed E-state index contributed by atoms with van der Waals surface area (Å²) in [5.41, 5.74) is 1.81. The van der Waals surface area contributed by atoms with Crippen LogP contribution in [0.4, 0.5) is 5.69 Å². The van der Waals surface area contributed by atoms with Crippen molar-refractivity contribution in [3.05, 3.63) is 58.4 Å². The number of pyridine rings is 1. The summed E-state index contributed by atoms with van der Waals surface area (Å²) < 4.78 is 1.81. The van der Waals surface area contributed by atoms with Crippen LogP contribution in [0.1, 0.15) is 5.56 Å². The van der Waals surface area contributed by atoms with E-state index < -0.39 is 0 Å². The van der Waals surface area contributed by atoms with E-state index in [4.69, 9.17) is 0 Å². The zero-order chi connectivity index (χ0) is 16.4. The molecule has 0 amide bonds. The third-order valence-corrected chi connectivity index (χ3v) is 4.39. The lowest BCUT2D eigenvalue weighted by molar-refractivity contribution is -0.387. The van der Waals surface area contributed by atoms with Crippen molar-refractivity contribution in [2.24, 2.45) is 7.05 Å².